The lowest BCUT2D eigenvalue weighted by Crippen LogP contribution is -2.21. The van der Waals surface area contributed by atoms with Gasteiger partial charge in [-0.2, -0.15) is 10.5 Å². The molecule has 0 spiro atoms. The normalized spacial score (nSPS) is 12.9. The van der Waals surface area contributed by atoms with E-state index >= 15 is 0 Å². The summed E-state index contributed by atoms with van der Waals surface area (Å²) in [4.78, 5) is 11.4. The number of benzene rings is 1. The van der Waals surface area contributed by atoms with Crippen molar-refractivity contribution in [2.75, 3.05) is 31.2 Å². The Bertz CT molecular complexity index is 1240. The van der Waals surface area contributed by atoms with Crippen LogP contribution in [0, 0.1) is 29.6 Å². The predicted molar refractivity (Wildman–Crippen MR) is 132 cm³/mol. The van der Waals surface area contributed by atoms with Crippen molar-refractivity contribution in [1.82, 2.24) is 9.97 Å². The Balaban J connectivity index is 1.81. The maximum Gasteiger partial charge on any atom is 0.148 e. The van der Waals surface area contributed by atoms with Gasteiger partial charge in [-0.25, -0.2) is 4.98 Å². The number of thioether (sulfide) groups is 1. The number of anilines is 1. The van der Waals surface area contributed by atoms with Gasteiger partial charge in [0.15, 0.2) is 0 Å². The average molecular weight is 472 g/mol. The van der Waals surface area contributed by atoms with Crippen molar-refractivity contribution in [3.05, 3.63) is 65.0 Å². The number of hydrogen-bond donors (Lipinski definition) is 1. The van der Waals surface area contributed by atoms with Crippen LogP contribution >= 0.6 is 11.8 Å². The zero-order chi connectivity index (χ0) is 23.9. The Morgan fingerprint density at radius 3 is 2.47 bits per heavy atom. The first kappa shape index (κ1) is 23.6. The quantitative estimate of drug-likeness (QED) is 0.480. The lowest BCUT2D eigenvalue weighted by atomic mass is 9.96. The Morgan fingerprint density at radius 1 is 1.09 bits per heavy atom. The molecule has 1 saturated heterocycles. The molecule has 1 aromatic carbocycles. The second-order valence-electron chi connectivity index (χ2n) is 7.92. The maximum atomic E-state index is 10.2. The second-order valence-corrected chi connectivity index (χ2v) is 8.88. The molecule has 1 aliphatic heterocycles. The Kier molecular flexibility index (Phi) is 7.64. The van der Waals surface area contributed by atoms with Crippen molar-refractivity contribution in [3.8, 4) is 29.0 Å². The molecule has 0 unspecified atom stereocenters. The van der Waals surface area contributed by atoms with E-state index in [-0.39, 0.29) is 13.2 Å². The molecule has 1 N–H and O–H groups in total. The highest BCUT2D eigenvalue weighted by Gasteiger charge is 2.26. The summed E-state index contributed by atoms with van der Waals surface area (Å²) in [6.45, 7) is 3.78. The molecule has 3 aromatic rings. The minimum Gasteiger partial charge on any atom is -0.491 e. The van der Waals surface area contributed by atoms with Crippen LogP contribution in [-0.4, -0.2) is 41.4 Å². The lowest BCUT2D eigenvalue weighted by Gasteiger charge is -2.22. The van der Waals surface area contributed by atoms with Gasteiger partial charge in [0, 0.05) is 36.3 Å². The number of nitrogens with zero attached hydrogens (tertiary/aromatic N) is 5. The van der Waals surface area contributed by atoms with Gasteiger partial charge >= 0.3 is 0 Å². The summed E-state index contributed by atoms with van der Waals surface area (Å²) in [5.74, 6) is 1.88. The third kappa shape index (κ3) is 4.99. The van der Waals surface area contributed by atoms with Gasteiger partial charge in [-0.15, -0.1) is 11.8 Å². The van der Waals surface area contributed by atoms with E-state index in [1.54, 1.807) is 18.3 Å². The minimum absolute atomic E-state index is 0.0700. The van der Waals surface area contributed by atoms with Crippen molar-refractivity contribution in [2.24, 2.45) is 0 Å². The zero-order valence-corrected chi connectivity index (χ0v) is 19.8. The number of aliphatic hydroxyl groups excluding tert-OH is 1. The van der Waals surface area contributed by atoms with Gasteiger partial charge in [0.25, 0.3) is 0 Å². The van der Waals surface area contributed by atoms with E-state index in [4.69, 9.17) is 14.8 Å². The SMILES string of the molecule is Cc1ncccc1CSc1nc(N2CCCC2)c(C#N)c(-c2ccc(OCCO)cc2)c1C#N. The van der Waals surface area contributed by atoms with Gasteiger partial charge in [-0.1, -0.05) is 18.2 Å². The van der Waals surface area contributed by atoms with Crippen LogP contribution in [-0.2, 0) is 5.75 Å². The van der Waals surface area contributed by atoms with Gasteiger partial charge in [-0.3, -0.25) is 4.98 Å². The molecule has 1 fully saturated rings. The molecule has 0 amide bonds. The van der Waals surface area contributed by atoms with Gasteiger partial charge in [0.05, 0.1) is 12.2 Å². The number of aromatic nitrogens is 2. The molecule has 0 bridgehead atoms. The lowest BCUT2D eigenvalue weighted by molar-refractivity contribution is 0.201. The molecule has 3 heterocycles. The second kappa shape index (κ2) is 11.0. The van der Waals surface area contributed by atoms with Gasteiger partial charge in [-0.05, 0) is 49.1 Å². The van der Waals surface area contributed by atoms with E-state index in [1.807, 2.05) is 31.2 Å². The number of rotatable bonds is 8. The molecule has 172 valence electrons. The maximum absolute atomic E-state index is 10.2. The van der Waals surface area contributed by atoms with E-state index in [1.165, 1.54) is 11.8 Å². The smallest absolute Gasteiger partial charge is 0.148 e. The van der Waals surface area contributed by atoms with Gasteiger partial charge in [0.2, 0.25) is 0 Å². The summed E-state index contributed by atoms with van der Waals surface area (Å²) in [7, 11) is 0. The molecule has 1 aliphatic rings. The number of pyridine rings is 2. The summed E-state index contributed by atoms with van der Waals surface area (Å²) in [6.07, 6.45) is 3.87. The highest BCUT2D eigenvalue weighted by atomic mass is 32.2. The number of hydrogen-bond acceptors (Lipinski definition) is 8. The average Bonchev–Trinajstić information content (AvgIpc) is 3.41. The number of aryl methyl sites for hydroxylation is 1. The molecule has 4 rings (SSSR count). The standard InChI is InChI=1S/C26H25N5O2S/c1-18-20(5-4-10-29-18)17-34-26-23(16-28)24(19-6-8-21(9-7-19)33-14-13-32)22(15-27)25(30-26)31-11-2-3-12-31/h4-10,32H,2-3,11-14,17H2,1H3. The van der Waals surface area contributed by atoms with Crippen LogP contribution in [0.3, 0.4) is 0 Å². The van der Waals surface area contributed by atoms with Crippen molar-refractivity contribution in [1.29, 1.82) is 10.5 Å². The molecule has 8 heteroatoms. The molecule has 34 heavy (non-hydrogen) atoms. The van der Waals surface area contributed by atoms with Gasteiger partial charge < -0.3 is 14.7 Å². The summed E-state index contributed by atoms with van der Waals surface area (Å²) in [5.41, 5.74) is 4.20. The molecule has 2 aromatic heterocycles. The molecule has 0 radical (unpaired) electrons. The predicted octanol–water partition coefficient (Wildman–Crippen LogP) is 4.46. The van der Waals surface area contributed by atoms with Gasteiger partial charge in [0.1, 0.15) is 40.9 Å². The van der Waals surface area contributed by atoms with Crippen LogP contribution in [0.4, 0.5) is 5.82 Å². The van der Waals surface area contributed by atoms with Crippen LogP contribution in [0.2, 0.25) is 0 Å². The van der Waals surface area contributed by atoms with E-state index in [2.05, 4.69) is 22.0 Å². The van der Waals surface area contributed by atoms with E-state index < -0.39 is 0 Å². The molecule has 0 saturated carbocycles. The first-order valence-electron chi connectivity index (χ1n) is 11.2. The number of aliphatic hydroxyl groups is 1. The molecular weight excluding hydrogens is 446 g/mol. The topological polar surface area (TPSA) is 106 Å². The van der Waals surface area contributed by atoms with Crippen molar-refractivity contribution in [3.63, 3.8) is 0 Å². The molecule has 0 aliphatic carbocycles. The van der Waals surface area contributed by atoms with Crippen LogP contribution in [0.5, 0.6) is 5.75 Å². The van der Waals surface area contributed by atoms with E-state index in [9.17, 15) is 10.5 Å². The number of nitriles is 2. The molecular formula is C26H25N5O2S. The molecule has 7 nitrogen and oxygen atoms in total. The summed E-state index contributed by atoms with van der Waals surface area (Å²) in [5, 5.41) is 29.9. The van der Waals surface area contributed by atoms with Crippen LogP contribution < -0.4 is 9.64 Å². The fraction of sp³-hybridized carbons (Fsp3) is 0.308. The third-order valence-corrected chi connectivity index (χ3v) is 6.78. The fourth-order valence-corrected chi connectivity index (χ4v) is 5.05. The fourth-order valence-electron chi connectivity index (χ4n) is 4.01. The van der Waals surface area contributed by atoms with Crippen molar-refractivity contribution >= 4 is 17.6 Å². The summed E-state index contributed by atoms with van der Waals surface area (Å²) >= 11 is 1.49. The highest BCUT2D eigenvalue weighted by Crippen LogP contribution is 2.39. The summed E-state index contributed by atoms with van der Waals surface area (Å²) < 4.78 is 5.48. The number of ether oxygens (including phenoxy) is 1. The van der Waals surface area contributed by atoms with Crippen LogP contribution in [0.25, 0.3) is 11.1 Å². The highest BCUT2D eigenvalue weighted by molar-refractivity contribution is 7.98. The third-order valence-electron chi connectivity index (χ3n) is 5.76. The van der Waals surface area contributed by atoms with Crippen LogP contribution in [0.15, 0.2) is 47.6 Å². The monoisotopic (exact) mass is 471 g/mol. The first-order valence-corrected chi connectivity index (χ1v) is 12.1. The van der Waals surface area contributed by atoms with E-state index in [0.717, 1.165) is 42.8 Å². The Labute approximate surface area is 203 Å². The first-order chi connectivity index (χ1) is 16.7. The Hall–Kier alpha value is -3.59. The Morgan fingerprint density at radius 2 is 1.82 bits per heavy atom. The zero-order valence-electron chi connectivity index (χ0n) is 19.0. The largest absolute Gasteiger partial charge is 0.491 e. The van der Waals surface area contributed by atoms with E-state index in [0.29, 0.717) is 39.0 Å². The van der Waals surface area contributed by atoms with Crippen molar-refractivity contribution in [2.45, 2.75) is 30.5 Å². The minimum atomic E-state index is -0.0700. The molecule has 0 atom stereocenters. The van der Waals surface area contributed by atoms with Crippen LogP contribution in [0.1, 0.15) is 35.2 Å². The summed E-state index contributed by atoms with van der Waals surface area (Å²) in [6, 6.07) is 15.8. The van der Waals surface area contributed by atoms with Crippen molar-refractivity contribution < 1.29 is 9.84 Å².